The van der Waals surface area contributed by atoms with Gasteiger partial charge in [0.25, 0.3) is 5.91 Å². The second kappa shape index (κ2) is 7.67. The lowest BCUT2D eigenvalue weighted by Crippen LogP contribution is -2.43. The molecule has 1 saturated heterocycles. The summed E-state index contributed by atoms with van der Waals surface area (Å²) >= 11 is 0. The third-order valence-corrected chi connectivity index (χ3v) is 4.65. The SMILES string of the molecule is C[C@H](CN1CCC[C@@H]1C)NC(=O)c1ccc(-c2noc(C(F)(F)F)n2)cc1. The van der Waals surface area contributed by atoms with Gasteiger partial charge in [-0.1, -0.05) is 17.3 Å². The van der Waals surface area contributed by atoms with Crippen molar-refractivity contribution in [1.82, 2.24) is 20.4 Å². The molecule has 0 radical (unpaired) electrons. The molecule has 2 heterocycles. The molecule has 1 fully saturated rings. The van der Waals surface area contributed by atoms with Crippen molar-refractivity contribution in [2.45, 2.75) is 44.9 Å². The molecule has 9 heteroatoms. The van der Waals surface area contributed by atoms with Crippen molar-refractivity contribution in [3.8, 4) is 11.4 Å². The Kier molecular flexibility index (Phi) is 5.50. The van der Waals surface area contributed by atoms with Gasteiger partial charge in [-0.15, -0.1) is 0 Å². The van der Waals surface area contributed by atoms with Gasteiger partial charge in [0.1, 0.15) is 0 Å². The topological polar surface area (TPSA) is 71.3 Å². The van der Waals surface area contributed by atoms with E-state index in [0.717, 1.165) is 13.1 Å². The Balaban J connectivity index is 1.61. The molecular formula is C18H21F3N4O2. The van der Waals surface area contributed by atoms with Crippen LogP contribution in [-0.2, 0) is 6.18 Å². The van der Waals surface area contributed by atoms with Gasteiger partial charge in [-0.2, -0.15) is 18.2 Å². The minimum Gasteiger partial charge on any atom is -0.348 e. The van der Waals surface area contributed by atoms with Crippen LogP contribution in [0.1, 0.15) is 42.9 Å². The largest absolute Gasteiger partial charge is 0.471 e. The highest BCUT2D eigenvalue weighted by Gasteiger charge is 2.38. The van der Waals surface area contributed by atoms with Crippen LogP contribution in [-0.4, -0.2) is 46.1 Å². The van der Waals surface area contributed by atoms with Crippen LogP contribution in [0.3, 0.4) is 0 Å². The molecule has 1 amide bonds. The first kappa shape index (κ1) is 19.3. The van der Waals surface area contributed by atoms with Gasteiger partial charge in [0.05, 0.1) is 0 Å². The summed E-state index contributed by atoms with van der Waals surface area (Å²) in [7, 11) is 0. The van der Waals surface area contributed by atoms with Crippen molar-refractivity contribution in [1.29, 1.82) is 0 Å². The second-order valence-corrected chi connectivity index (χ2v) is 6.86. The normalized spacial score (nSPS) is 19.2. The zero-order chi connectivity index (χ0) is 19.6. The van der Waals surface area contributed by atoms with Gasteiger partial charge in [0, 0.05) is 29.8 Å². The minimum atomic E-state index is -4.69. The van der Waals surface area contributed by atoms with E-state index in [-0.39, 0.29) is 17.8 Å². The molecule has 2 aromatic rings. The number of alkyl halides is 3. The number of benzene rings is 1. The number of likely N-dealkylation sites (tertiary alicyclic amines) is 1. The minimum absolute atomic E-state index is 0.00993. The van der Waals surface area contributed by atoms with Crippen molar-refractivity contribution in [2.75, 3.05) is 13.1 Å². The molecule has 3 rings (SSSR count). The highest BCUT2D eigenvalue weighted by molar-refractivity contribution is 5.94. The van der Waals surface area contributed by atoms with E-state index in [1.165, 1.54) is 37.1 Å². The van der Waals surface area contributed by atoms with Gasteiger partial charge in [0.2, 0.25) is 5.82 Å². The Morgan fingerprint density at radius 1 is 1.37 bits per heavy atom. The number of nitrogens with one attached hydrogen (secondary N) is 1. The number of hydrogen-bond acceptors (Lipinski definition) is 5. The molecular weight excluding hydrogens is 361 g/mol. The number of amides is 1. The van der Waals surface area contributed by atoms with Crippen LogP contribution in [0.5, 0.6) is 0 Å². The van der Waals surface area contributed by atoms with E-state index >= 15 is 0 Å². The lowest BCUT2D eigenvalue weighted by molar-refractivity contribution is -0.159. The van der Waals surface area contributed by atoms with Crippen molar-refractivity contribution >= 4 is 5.91 Å². The van der Waals surface area contributed by atoms with Crippen LogP contribution < -0.4 is 5.32 Å². The standard InChI is InChI=1S/C18H21F3N4O2/c1-11(10-25-9-3-4-12(25)2)22-16(26)14-7-5-13(6-8-14)15-23-17(27-24-15)18(19,20)21/h5-8,11-12H,3-4,9-10H2,1-2H3,(H,22,26)/t11-,12+/m1/s1. The average Bonchev–Trinajstić information content (AvgIpc) is 3.24. The average molecular weight is 382 g/mol. The Morgan fingerprint density at radius 2 is 2.07 bits per heavy atom. The van der Waals surface area contributed by atoms with E-state index in [4.69, 9.17) is 0 Å². The van der Waals surface area contributed by atoms with Crippen molar-refractivity contribution in [2.24, 2.45) is 0 Å². The Hall–Kier alpha value is -2.42. The molecule has 2 atom stereocenters. The number of hydrogen-bond donors (Lipinski definition) is 1. The molecule has 1 aliphatic heterocycles. The highest BCUT2D eigenvalue weighted by atomic mass is 19.4. The number of carbonyl (C=O) groups excluding carboxylic acids is 1. The van der Waals surface area contributed by atoms with Crippen molar-refractivity contribution in [3.05, 3.63) is 35.7 Å². The summed E-state index contributed by atoms with van der Waals surface area (Å²) in [6.07, 6.45) is -2.34. The smallest absolute Gasteiger partial charge is 0.348 e. The monoisotopic (exact) mass is 382 g/mol. The molecule has 1 aliphatic rings. The highest BCUT2D eigenvalue weighted by Crippen LogP contribution is 2.29. The van der Waals surface area contributed by atoms with Gasteiger partial charge in [-0.25, -0.2) is 0 Å². The van der Waals surface area contributed by atoms with E-state index in [1.807, 2.05) is 6.92 Å². The maximum Gasteiger partial charge on any atom is 0.471 e. The van der Waals surface area contributed by atoms with Crippen molar-refractivity contribution < 1.29 is 22.5 Å². The summed E-state index contributed by atoms with van der Waals surface area (Å²) in [5, 5.41) is 6.28. The zero-order valence-electron chi connectivity index (χ0n) is 15.1. The maximum atomic E-state index is 12.5. The summed E-state index contributed by atoms with van der Waals surface area (Å²) in [6.45, 7) is 5.96. The third kappa shape index (κ3) is 4.65. The van der Waals surface area contributed by atoms with Gasteiger partial charge < -0.3 is 9.84 Å². The first-order valence-corrected chi connectivity index (χ1v) is 8.80. The molecule has 1 N–H and O–H groups in total. The van der Waals surface area contributed by atoms with Gasteiger partial charge in [-0.3, -0.25) is 9.69 Å². The summed E-state index contributed by atoms with van der Waals surface area (Å²) in [5.74, 6) is -1.81. The van der Waals surface area contributed by atoms with Crippen LogP contribution in [0, 0.1) is 0 Å². The van der Waals surface area contributed by atoms with Crippen LogP contribution in [0.2, 0.25) is 0 Å². The second-order valence-electron chi connectivity index (χ2n) is 6.86. The number of rotatable bonds is 5. The molecule has 6 nitrogen and oxygen atoms in total. The summed E-state index contributed by atoms with van der Waals surface area (Å²) < 4.78 is 41.8. The molecule has 146 valence electrons. The first-order valence-electron chi connectivity index (χ1n) is 8.80. The van der Waals surface area contributed by atoms with E-state index in [0.29, 0.717) is 17.2 Å². The van der Waals surface area contributed by atoms with Gasteiger partial charge >= 0.3 is 12.1 Å². The molecule has 0 spiro atoms. The summed E-state index contributed by atoms with van der Waals surface area (Å²) in [6, 6.07) is 6.56. The fourth-order valence-corrected chi connectivity index (χ4v) is 3.20. The third-order valence-electron chi connectivity index (χ3n) is 4.65. The lowest BCUT2D eigenvalue weighted by Gasteiger charge is -2.25. The molecule has 1 aromatic heterocycles. The Bertz CT molecular complexity index is 789. The van der Waals surface area contributed by atoms with E-state index in [2.05, 4.69) is 31.8 Å². The van der Waals surface area contributed by atoms with Gasteiger partial charge in [-0.05, 0) is 45.4 Å². The van der Waals surface area contributed by atoms with E-state index in [1.54, 1.807) is 0 Å². The number of nitrogens with zero attached hydrogens (tertiary/aromatic N) is 3. The van der Waals surface area contributed by atoms with Gasteiger partial charge in [0.15, 0.2) is 0 Å². The molecule has 27 heavy (non-hydrogen) atoms. The van der Waals surface area contributed by atoms with Crippen molar-refractivity contribution in [3.63, 3.8) is 0 Å². The van der Waals surface area contributed by atoms with Crippen LogP contribution in [0.15, 0.2) is 28.8 Å². The molecule has 1 aromatic carbocycles. The molecule has 0 unspecified atom stereocenters. The molecule has 0 bridgehead atoms. The molecule has 0 aliphatic carbocycles. The predicted octanol–water partition coefficient (Wildman–Crippen LogP) is 3.36. The number of carbonyl (C=O) groups is 1. The Labute approximate surface area is 154 Å². The van der Waals surface area contributed by atoms with E-state index in [9.17, 15) is 18.0 Å². The number of halogens is 3. The fourth-order valence-electron chi connectivity index (χ4n) is 3.20. The quantitative estimate of drug-likeness (QED) is 0.859. The predicted molar refractivity (Wildman–Crippen MR) is 91.9 cm³/mol. The number of aromatic nitrogens is 2. The van der Waals surface area contributed by atoms with Crippen LogP contribution in [0.4, 0.5) is 13.2 Å². The fraction of sp³-hybridized carbons (Fsp3) is 0.500. The van der Waals surface area contributed by atoms with Crippen LogP contribution >= 0.6 is 0 Å². The summed E-state index contributed by atoms with van der Waals surface area (Å²) in [4.78, 5) is 18.0. The maximum absolute atomic E-state index is 12.5. The summed E-state index contributed by atoms with van der Waals surface area (Å²) in [5.41, 5.74) is 0.754. The Morgan fingerprint density at radius 3 is 2.63 bits per heavy atom. The van der Waals surface area contributed by atoms with Crippen LogP contribution in [0.25, 0.3) is 11.4 Å². The first-order chi connectivity index (χ1) is 12.7. The lowest BCUT2D eigenvalue weighted by atomic mass is 10.1. The molecule has 0 saturated carbocycles. The zero-order valence-corrected chi connectivity index (χ0v) is 15.1. The van der Waals surface area contributed by atoms with E-state index < -0.39 is 12.1 Å².